The number of likely N-dealkylation sites (tertiary alicyclic amines) is 1. The predicted molar refractivity (Wildman–Crippen MR) is 124 cm³/mol. The van der Waals surface area contributed by atoms with E-state index >= 15 is 0 Å². The van der Waals surface area contributed by atoms with E-state index < -0.39 is 5.41 Å². The third-order valence-electron chi connectivity index (χ3n) is 7.83. The van der Waals surface area contributed by atoms with E-state index in [0.717, 1.165) is 30.5 Å². The molecular formula is C25H39N3O3. The van der Waals surface area contributed by atoms with Crippen molar-refractivity contribution in [3.05, 3.63) is 34.7 Å². The van der Waals surface area contributed by atoms with E-state index in [2.05, 4.69) is 4.90 Å². The molecule has 1 atom stereocenters. The van der Waals surface area contributed by atoms with Crippen LogP contribution in [-0.2, 0) is 6.54 Å². The number of hydrogen-bond acceptors (Lipinski definition) is 4. The molecule has 1 aliphatic carbocycles. The maximum absolute atomic E-state index is 13.4. The third kappa shape index (κ3) is 4.35. The number of benzene rings is 1. The van der Waals surface area contributed by atoms with Crippen molar-refractivity contribution >= 4 is 11.0 Å². The topological polar surface area (TPSA) is 70.6 Å². The number of imidazole rings is 1. The third-order valence-corrected chi connectivity index (χ3v) is 7.83. The van der Waals surface area contributed by atoms with Crippen molar-refractivity contribution in [3.8, 4) is 0 Å². The number of para-hydroxylation sites is 2. The van der Waals surface area contributed by atoms with Crippen molar-refractivity contribution in [2.24, 2.45) is 11.3 Å². The Hall–Kier alpha value is -1.63. The molecule has 2 heterocycles. The molecule has 2 aromatic rings. The summed E-state index contributed by atoms with van der Waals surface area (Å²) in [6.07, 6.45) is 10.0. The first-order valence-electron chi connectivity index (χ1n) is 12.3. The van der Waals surface area contributed by atoms with Crippen molar-refractivity contribution in [1.82, 2.24) is 14.0 Å². The van der Waals surface area contributed by atoms with Gasteiger partial charge in [-0.2, -0.15) is 0 Å². The van der Waals surface area contributed by atoms with E-state index in [-0.39, 0.29) is 24.9 Å². The number of aromatic nitrogens is 2. The molecule has 1 aromatic heterocycles. The van der Waals surface area contributed by atoms with Crippen LogP contribution in [0.5, 0.6) is 0 Å². The first kappa shape index (κ1) is 22.6. The summed E-state index contributed by atoms with van der Waals surface area (Å²) in [5.74, 6) is 0.705. The molecule has 0 bridgehead atoms. The first-order chi connectivity index (χ1) is 15.1. The Morgan fingerprint density at radius 2 is 1.61 bits per heavy atom. The highest BCUT2D eigenvalue weighted by Crippen LogP contribution is 2.40. The molecule has 2 aliphatic rings. The second kappa shape index (κ2) is 9.88. The Morgan fingerprint density at radius 3 is 2.26 bits per heavy atom. The van der Waals surface area contributed by atoms with Crippen LogP contribution in [0, 0.1) is 11.3 Å². The average molecular weight is 430 g/mol. The molecule has 6 heteroatoms. The van der Waals surface area contributed by atoms with E-state index in [1.165, 1.54) is 44.9 Å². The molecule has 0 spiro atoms. The first-order valence-corrected chi connectivity index (χ1v) is 12.3. The Kier molecular flexibility index (Phi) is 7.19. The summed E-state index contributed by atoms with van der Waals surface area (Å²) in [7, 11) is 0. The zero-order valence-corrected chi connectivity index (χ0v) is 19.0. The molecule has 0 amide bonds. The highest BCUT2D eigenvalue weighted by atomic mass is 16.3. The van der Waals surface area contributed by atoms with Crippen molar-refractivity contribution < 1.29 is 10.2 Å². The summed E-state index contributed by atoms with van der Waals surface area (Å²) in [6.45, 7) is 4.94. The lowest BCUT2D eigenvalue weighted by Crippen LogP contribution is -2.55. The maximum atomic E-state index is 13.4. The summed E-state index contributed by atoms with van der Waals surface area (Å²) < 4.78 is 3.66. The largest absolute Gasteiger partial charge is 0.396 e. The van der Waals surface area contributed by atoms with Gasteiger partial charge in [0.1, 0.15) is 0 Å². The number of nitrogens with zero attached hydrogens (tertiary/aromatic N) is 3. The van der Waals surface area contributed by atoms with Gasteiger partial charge in [-0.1, -0.05) is 44.2 Å². The highest BCUT2D eigenvalue weighted by Gasteiger charge is 2.45. The van der Waals surface area contributed by atoms with Gasteiger partial charge in [0.05, 0.1) is 35.7 Å². The van der Waals surface area contributed by atoms with Gasteiger partial charge in [-0.25, -0.2) is 4.79 Å². The summed E-state index contributed by atoms with van der Waals surface area (Å²) in [4.78, 5) is 15.8. The number of hydrogen-bond donors (Lipinski definition) is 2. The quantitative estimate of drug-likeness (QED) is 0.738. The fraction of sp³-hybridized carbons (Fsp3) is 0.720. The molecule has 1 saturated carbocycles. The van der Waals surface area contributed by atoms with E-state index in [4.69, 9.17) is 0 Å². The van der Waals surface area contributed by atoms with Crippen LogP contribution < -0.4 is 5.69 Å². The monoisotopic (exact) mass is 429 g/mol. The smallest absolute Gasteiger partial charge is 0.329 e. The van der Waals surface area contributed by atoms with Crippen LogP contribution in [0.2, 0.25) is 0 Å². The van der Waals surface area contributed by atoms with Gasteiger partial charge in [-0.15, -0.1) is 0 Å². The summed E-state index contributed by atoms with van der Waals surface area (Å²) in [6, 6.07) is 7.69. The predicted octanol–water partition coefficient (Wildman–Crippen LogP) is 3.40. The van der Waals surface area contributed by atoms with E-state index in [1.807, 2.05) is 35.8 Å². The number of aliphatic hydroxyl groups excluding tert-OH is 2. The zero-order chi connectivity index (χ0) is 21.8. The molecule has 0 radical (unpaired) electrons. The normalized spacial score (nSPS) is 23.6. The Morgan fingerprint density at radius 1 is 0.968 bits per heavy atom. The fourth-order valence-corrected chi connectivity index (χ4v) is 6.09. The van der Waals surface area contributed by atoms with Gasteiger partial charge in [-0.05, 0) is 44.2 Å². The molecule has 6 nitrogen and oxygen atoms in total. The Bertz CT molecular complexity index is 906. The van der Waals surface area contributed by atoms with E-state index in [9.17, 15) is 15.0 Å². The molecule has 172 valence electrons. The minimum atomic E-state index is -0.716. The van der Waals surface area contributed by atoms with Crippen molar-refractivity contribution in [2.45, 2.75) is 70.9 Å². The Balaban J connectivity index is 1.61. The number of aryl methyl sites for hydroxylation is 1. The Labute approximate surface area is 185 Å². The van der Waals surface area contributed by atoms with Crippen LogP contribution in [0.1, 0.15) is 64.3 Å². The average Bonchev–Trinajstić information content (AvgIpc) is 3.06. The number of piperidine rings is 1. The van der Waals surface area contributed by atoms with Gasteiger partial charge in [-0.3, -0.25) is 9.13 Å². The van der Waals surface area contributed by atoms with Crippen LogP contribution >= 0.6 is 0 Å². The lowest BCUT2D eigenvalue weighted by Gasteiger charge is -2.47. The lowest BCUT2D eigenvalue weighted by molar-refractivity contribution is -0.0530. The molecule has 1 unspecified atom stereocenters. The van der Waals surface area contributed by atoms with Gasteiger partial charge in [0.2, 0.25) is 0 Å². The van der Waals surface area contributed by atoms with Gasteiger partial charge in [0.15, 0.2) is 0 Å². The van der Waals surface area contributed by atoms with Crippen LogP contribution in [0.25, 0.3) is 11.0 Å². The lowest BCUT2D eigenvalue weighted by atomic mass is 9.76. The molecule has 2 N–H and O–H groups in total. The van der Waals surface area contributed by atoms with Gasteiger partial charge >= 0.3 is 5.69 Å². The number of fused-ring (bicyclic) bond motifs is 1. The number of rotatable bonds is 6. The molecule has 31 heavy (non-hydrogen) atoms. The fourth-order valence-electron chi connectivity index (χ4n) is 6.09. The standard InChI is InChI=1S/C25H39N3O3/c1-2-27-21-12-8-9-13-22(21)28(24(27)31)23-14-15-26(17-25(23,18-29)19-30)16-20-10-6-4-3-5-7-11-20/h8-9,12-13,20,23,29-30H,2-7,10-11,14-19H2,1H3. The highest BCUT2D eigenvalue weighted by molar-refractivity contribution is 5.76. The molecule has 2 fully saturated rings. The van der Waals surface area contributed by atoms with Crippen LogP contribution in [0.4, 0.5) is 0 Å². The molecule has 4 rings (SSSR count). The summed E-state index contributed by atoms with van der Waals surface area (Å²) >= 11 is 0. The summed E-state index contributed by atoms with van der Waals surface area (Å²) in [5, 5.41) is 21.0. The van der Waals surface area contributed by atoms with Crippen molar-refractivity contribution in [3.63, 3.8) is 0 Å². The minimum Gasteiger partial charge on any atom is -0.396 e. The minimum absolute atomic E-state index is 0.0338. The van der Waals surface area contributed by atoms with Crippen LogP contribution in [-0.4, -0.2) is 57.1 Å². The molecule has 1 aromatic carbocycles. The summed E-state index contributed by atoms with van der Waals surface area (Å²) in [5.41, 5.74) is 1.08. The SMILES string of the molecule is CCn1c(=O)n(C2CCN(CC3CCCCCCC3)CC2(CO)CO)c2ccccc21. The van der Waals surface area contributed by atoms with Gasteiger partial charge in [0, 0.05) is 26.2 Å². The van der Waals surface area contributed by atoms with Crippen LogP contribution in [0.15, 0.2) is 29.1 Å². The van der Waals surface area contributed by atoms with Gasteiger partial charge in [0.25, 0.3) is 0 Å². The second-order valence-electron chi connectivity index (χ2n) is 9.81. The maximum Gasteiger partial charge on any atom is 0.329 e. The van der Waals surface area contributed by atoms with Gasteiger partial charge < -0.3 is 15.1 Å². The zero-order valence-electron chi connectivity index (χ0n) is 19.0. The van der Waals surface area contributed by atoms with Crippen molar-refractivity contribution in [1.29, 1.82) is 0 Å². The van der Waals surface area contributed by atoms with E-state index in [1.54, 1.807) is 4.57 Å². The molecule has 1 aliphatic heterocycles. The number of aliphatic hydroxyl groups is 2. The van der Waals surface area contributed by atoms with Crippen LogP contribution in [0.3, 0.4) is 0 Å². The van der Waals surface area contributed by atoms with E-state index in [0.29, 0.717) is 19.0 Å². The second-order valence-corrected chi connectivity index (χ2v) is 9.81. The van der Waals surface area contributed by atoms with Crippen molar-refractivity contribution in [2.75, 3.05) is 32.8 Å². The molecule has 1 saturated heterocycles. The molecular weight excluding hydrogens is 390 g/mol.